The van der Waals surface area contributed by atoms with Gasteiger partial charge in [0.15, 0.2) is 0 Å². The van der Waals surface area contributed by atoms with E-state index in [4.69, 9.17) is 21.4 Å². The highest BCUT2D eigenvalue weighted by molar-refractivity contribution is 6.30. The van der Waals surface area contributed by atoms with E-state index in [0.717, 1.165) is 68.9 Å². The normalized spacial score (nSPS) is 12.9. The Hall–Kier alpha value is -2.58. The molecule has 2 N–H and O–H groups in total. The summed E-state index contributed by atoms with van der Waals surface area (Å²) in [5, 5.41) is 19.7. The van der Waals surface area contributed by atoms with E-state index in [-0.39, 0.29) is 12.5 Å². The number of aliphatic hydroxyl groups is 1. The lowest BCUT2D eigenvalue weighted by Gasteiger charge is -2.05. The van der Waals surface area contributed by atoms with E-state index in [1.54, 1.807) is 0 Å². The third-order valence-electron chi connectivity index (χ3n) is 5.76. The maximum atomic E-state index is 11.4. The van der Waals surface area contributed by atoms with Crippen LogP contribution in [0.4, 0.5) is 0 Å². The molecule has 9 heteroatoms. The van der Waals surface area contributed by atoms with E-state index < -0.39 is 5.09 Å². The lowest BCUT2D eigenvalue weighted by atomic mass is 10.1. The van der Waals surface area contributed by atoms with Crippen LogP contribution in [-0.2, 0) is 9.63 Å². The van der Waals surface area contributed by atoms with Crippen molar-refractivity contribution in [3.8, 4) is 5.75 Å². The van der Waals surface area contributed by atoms with E-state index in [0.29, 0.717) is 19.4 Å². The Balaban J connectivity index is 0.000000678. The molecule has 0 radical (unpaired) electrons. The number of nitrogens with one attached hydrogen (secondary N) is 1. The summed E-state index contributed by atoms with van der Waals surface area (Å²) in [6.45, 7) is 3.53. The van der Waals surface area contributed by atoms with Gasteiger partial charge in [0.05, 0.1) is 13.2 Å². The van der Waals surface area contributed by atoms with Gasteiger partial charge in [0, 0.05) is 25.1 Å². The molecule has 0 bridgehead atoms. The first-order valence-corrected chi connectivity index (χ1v) is 14.0. The molecule has 0 aliphatic heterocycles. The number of carbonyl (C=O) groups is 1. The van der Waals surface area contributed by atoms with Crippen LogP contribution in [0.15, 0.2) is 48.6 Å². The van der Waals surface area contributed by atoms with Crippen molar-refractivity contribution in [2.75, 3.05) is 26.9 Å². The molecular formula is C29H47ClN2O6. The largest absolute Gasteiger partial charge is 0.493 e. The number of nitrogens with zero attached hydrogens (tertiary/aromatic N) is 1. The number of hydrogen-bond acceptors (Lipinski definition) is 6. The Morgan fingerprint density at radius 3 is 2.53 bits per heavy atom. The maximum absolute atomic E-state index is 11.4. The average Bonchev–Trinajstić information content (AvgIpc) is 3.43. The highest BCUT2D eigenvalue weighted by Gasteiger charge is 2.10. The van der Waals surface area contributed by atoms with Gasteiger partial charge in [-0.05, 0) is 76.0 Å². The van der Waals surface area contributed by atoms with E-state index in [1.807, 2.05) is 37.3 Å². The van der Waals surface area contributed by atoms with Gasteiger partial charge in [-0.2, -0.15) is 0 Å². The minimum absolute atomic E-state index is 0.0983. The standard InChI is InChI=1S/C15H19ClO.C13H24N2O4.CH4O/c16-14-9-5-10-15(12-14)17-11-4-3-8-13-6-1-2-7-13;1-2-3-4-7-10-13(16)14-11-8-5-6-9-12-19-15(17)18;1-2/h3,5,8-10,12-13H,1-2,4,6-7,11H2;2-3H,4-12H2,1H3,(H,14,16);2H,1H3/b8-3+;3-2-;. The Bertz CT molecular complexity index is 782. The molecule has 1 fully saturated rings. The van der Waals surface area contributed by atoms with Crippen LogP contribution in [0.2, 0.25) is 5.02 Å². The third kappa shape index (κ3) is 22.6. The number of unbranched alkanes of at least 4 members (excludes halogenated alkanes) is 4. The zero-order valence-electron chi connectivity index (χ0n) is 23.1. The lowest BCUT2D eigenvalue weighted by Crippen LogP contribution is -2.23. The number of hydrogen-bond donors (Lipinski definition) is 2. The van der Waals surface area contributed by atoms with E-state index >= 15 is 0 Å². The first kappa shape index (κ1) is 35.4. The van der Waals surface area contributed by atoms with Crippen molar-refractivity contribution >= 4 is 17.5 Å². The van der Waals surface area contributed by atoms with Crippen molar-refractivity contribution in [3.05, 3.63) is 63.7 Å². The number of carbonyl (C=O) groups excluding carboxylic acids is 1. The summed E-state index contributed by atoms with van der Waals surface area (Å²) >= 11 is 5.88. The molecule has 1 aromatic carbocycles. The smallest absolute Gasteiger partial charge is 0.294 e. The van der Waals surface area contributed by atoms with Crippen LogP contribution in [0, 0.1) is 16.0 Å². The molecule has 0 unspecified atom stereocenters. The van der Waals surface area contributed by atoms with Crippen LogP contribution in [0.1, 0.15) is 84.0 Å². The van der Waals surface area contributed by atoms with Gasteiger partial charge in [-0.3, -0.25) is 4.79 Å². The van der Waals surface area contributed by atoms with Crippen molar-refractivity contribution in [3.63, 3.8) is 0 Å². The number of benzene rings is 1. The molecule has 1 aromatic rings. The van der Waals surface area contributed by atoms with Gasteiger partial charge in [0.1, 0.15) is 5.75 Å². The van der Waals surface area contributed by atoms with Crippen molar-refractivity contribution in [2.24, 2.45) is 5.92 Å². The van der Waals surface area contributed by atoms with Crippen molar-refractivity contribution < 1.29 is 24.6 Å². The van der Waals surface area contributed by atoms with E-state index in [2.05, 4.69) is 28.4 Å². The monoisotopic (exact) mass is 554 g/mol. The number of halogens is 1. The van der Waals surface area contributed by atoms with Gasteiger partial charge >= 0.3 is 0 Å². The zero-order valence-corrected chi connectivity index (χ0v) is 23.9. The molecule has 0 aromatic heterocycles. The molecule has 1 aliphatic rings. The Morgan fingerprint density at radius 1 is 1.11 bits per heavy atom. The summed E-state index contributed by atoms with van der Waals surface area (Å²) in [6.07, 6.45) is 21.0. The highest BCUT2D eigenvalue weighted by Crippen LogP contribution is 2.25. The fourth-order valence-electron chi connectivity index (χ4n) is 3.82. The summed E-state index contributed by atoms with van der Waals surface area (Å²) < 4.78 is 5.62. The number of allylic oxidation sites excluding steroid dienone is 3. The molecule has 216 valence electrons. The first-order valence-electron chi connectivity index (χ1n) is 13.7. The summed E-state index contributed by atoms with van der Waals surface area (Å²) in [6, 6.07) is 7.55. The van der Waals surface area contributed by atoms with Crippen molar-refractivity contribution in [1.82, 2.24) is 5.32 Å². The van der Waals surface area contributed by atoms with E-state index in [1.165, 1.54) is 25.7 Å². The molecule has 38 heavy (non-hydrogen) atoms. The number of amides is 1. The Kier molecular flexibility index (Phi) is 24.3. The number of ether oxygens (including phenoxy) is 1. The maximum Gasteiger partial charge on any atom is 0.294 e. The molecule has 1 aliphatic carbocycles. The molecule has 1 amide bonds. The topological polar surface area (TPSA) is 111 Å². The second-order valence-corrected chi connectivity index (χ2v) is 9.29. The molecule has 0 heterocycles. The molecule has 0 atom stereocenters. The minimum Gasteiger partial charge on any atom is -0.493 e. The summed E-state index contributed by atoms with van der Waals surface area (Å²) in [5.74, 6) is 1.77. The fraction of sp³-hybridized carbons (Fsp3) is 0.621. The minimum atomic E-state index is -0.770. The van der Waals surface area contributed by atoms with Crippen LogP contribution in [-0.4, -0.2) is 43.0 Å². The fourth-order valence-corrected chi connectivity index (χ4v) is 4.00. The Morgan fingerprint density at radius 2 is 1.84 bits per heavy atom. The van der Waals surface area contributed by atoms with E-state index in [9.17, 15) is 14.9 Å². The van der Waals surface area contributed by atoms with Gasteiger partial charge in [0.2, 0.25) is 5.91 Å². The van der Waals surface area contributed by atoms with Gasteiger partial charge in [0.25, 0.3) is 5.09 Å². The van der Waals surface area contributed by atoms with Crippen LogP contribution in [0.3, 0.4) is 0 Å². The quantitative estimate of drug-likeness (QED) is 0.0920. The van der Waals surface area contributed by atoms with Crippen LogP contribution >= 0.6 is 11.6 Å². The predicted octanol–water partition coefficient (Wildman–Crippen LogP) is 7.08. The molecule has 0 saturated heterocycles. The zero-order chi connectivity index (χ0) is 28.3. The molecule has 2 rings (SSSR count). The molecule has 1 saturated carbocycles. The second-order valence-electron chi connectivity index (χ2n) is 8.85. The van der Waals surface area contributed by atoms with Crippen molar-refractivity contribution in [1.29, 1.82) is 0 Å². The third-order valence-corrected chi connectivity index (χ3v) is 5.99. The van der Waals surface area contributed by atoms with Crippen molar-refractivity contribution in [2.45, 2.75) is 84.0 Å². The van der Waals surface area contributed by atoms with Gasteiger partial charge < -0.3 is 20.0 Å². The summed E-state index contributed by atoms with van der Waals surface area (Å²) in [7, 11) is 1.00. The molecular weight excluding hydrogens is 508 g/mol. The summed E-state index contributed by atoms with van der Waals surface area (Å²) in [5.41, 5.74) is 0. The van der Waals surface area contributed by atoms with Gasteiger partial charge in [-0.15, -0.1) is 10.1 Å². The number of aliphatic hydroxyl groups excluding tert-OH is 1. The van der Waals surface area contributed by atoms with Crippen LogP contribution in [0.5, 0.6) is 5.75 Å². The predicted molar refractivity (Wildman–Crippen MR) is 154 cm³/mol. The Labute approximate surface area is 233 Å². The summed E-state index contributed by atoms with van der Waals surface area (Å²) in [4.78, 5) is 25.5. The molecule has 8 nitrogen and oxygen atoms in total. The SMILES string of the molecule is C/C=C\CCCC(=O)NCCCCCCO[N+](=O)[O-].CO.Clc1cccc(OCC/C=C/C2CCCC2)c1. The van der Waals surface area contributed by atoms with Crippen LogP contribution < -0.4 is 10.1 Å². The number of rotatable bonds is 17. The van der Waals surface area contributed by atoms with Gasteiger partial charge in [-0.1, -0.05) is 67.7 Å². The highest BCUT2D eigenvalue weighted by atomic mass is 35.5. The second kappa shape index (κ2) is 26.0. The van der Waals surface area contributed by atoms with Gasteiger partial charge in [-0.25, -0.2) is 0 Å². The molecule has 0 spiro atoms. The average molecular weight is 555 g/mol. The lowest BCUT2D eigenvalue weighted by molar-refractivity contribution is -0.757. The van der Waals surface area contributed by atoms with Crippen LogP contribution in [0.25, 0.3) is 0 Å². The first-order chi connectivity index (χ1) is 18.5.